The molecule has 1 saturated heterocycles. The molecule has 0 aromatic heterocycles. The minimum Gasteiger partial charge on any atom is -0.313 e. The summed E-state index contributed by atoms with van der Waals surface area (Å²) < 4.78 is 0. The van der Waals surface area contributed by atoms with Crippen LogP contribution in [0.4, 0.5) is 0 Å². The molecule has 1 atom stereocenters. The highest BCUT2D eigenvalue weighted by atomic mass is 15.2. The highest BCUT2D eigenvalue weighted by Crippen LogP contribution is 2.29. The fraction of sp³-hybridized carbons (Fsp3) is 1.00. The van der Waals surface area contributed by atoms with Crippen molar-refractivity contribution >= 4 is 0 Å². The smallest absolute Gasteiger partial charge is 0.0195 e. The summed E-state index contributed by atoms with van der Waals surface area (Å²) in [7, 11) is 0. The van der Waals surface area contributed by atoms with Gasteiger partial charge in [-0.2, -0.15) is 0 Å². The zero-order valence-electron chi connectivity index (χ0n) is 8.05. The van der Waals surface area contributed by atoms with Crippen LogP contribution >= 0.6 is 0 Å². The van der Waals surface area contributed by atoms with Crippen LogP contribution < -0.4 is 5.32 Å². The molecule has 1 N–H and O–H groups in total. The number of nitrogens with zero attached hydrogens (tertiary/aromatic N) is 1. The average molecular weight is 168 g/mol. The lowest BCUT2D eigenvalue weighted by Gasteiger charge is -2.33. The number of hydrogen-bond donors (Lipinski definition) is 1. The molecular weight excluding hydrogens is 148 g/mol. The molecule has 2 aliphatic rings. The standard InChI is InChI=1S/C10H20N2/c1-2-11-9-4-3-7-12(8-9)10-5-6-10/h9-11H,2-8H2,1H3. The van der Waals surface area contributed by atoms with E-state index in [4.69, 9.17) is 0 Å². The van der Waals surface area contributed by atoms with Crippen molar-refractivity contribution < 1.29 is 0 Å². The third-order valence-electron chi connectivity index (χ3n) is 3.01. The van der Waals surface area contributed by atoms with Gasteiger partial charge in [-0.15, -0.1) is 0 Å². The van der Waals surface area contributed by atoms with Gasteiger partial charge in [0, 0.05) is 18.6 Å². The van der Waals surface area contributed by atoms with Gasteiger partial charge in [-0.05, 0) is 38.8 Å². The Morgan fingerprint density at radius 1 is 1.33 bits per heavy atom. The third-order valence-corrected chi connectivity index (χ3v) is 3.01. The van der Waals surface area contributed by atoms with Crippen molar-refractivity contribution in [2.45, 2.75) is 44.7 Å². The van der Waals surface area contributed by atoms with Crippen molar-refractivity contribution in [3.05, 3.63) is 0 Å². The molecule has 12 heavy (non-hydrogen) atoms. The molecule has 0 spiro atoms. The van der Waals surface area contributed by atoms with Gasteiger partial charge < -0.3 is 5.32 Å². The summed E-state index contributed by atoms with van der Waals surface area (Å²) in [5.41, 5.74) is 0. The summed E-state index contributed by atoms with van der Waals surface area (Å²) in [6.45, 7) is 5.99. The minimum absolute atomic E-state index is 0.782. The fourth-order valence-corrected chi connectivity index (χ4v) is 2.23. The molecule has 1 aliphatic heterocycles. The molecule has 1 saturated carbocycles. The highest BCUT2D eigenvalue weighted by molar-refractivity contribution is 4.89. The van der Waals surface area contributed by atoms with E-state index in [0.717, 1.165) is 18.6 Å². The first kappa shape index (κ1) is 8.52. The maximum Gasteiger partial charge on any atom is 0.0195 e. The van der Waals surface area contributed by atoms with E-state index in [9.17, 15) is 0 Å². The molecule has 2 rings (SSSR count). The van der Waals surface area contributed by atoms with E-state index in [1.54, 1.807) is 0 Å². The zero-order chi connectivity index (χ0) is 8.39. The van der Waals surface area contributed by atoms with E-state index in [0.29, 0.717) is 0 Å². The van der Waals surface area contributed by atoms with Gasteiger partial charge in [0.25, 0.3) is 0 Å². The number of nitrogens with one attached hydrogen (secondary N) is 1. The van der Waals surface area contributed by atoms with Crippen LogP contribution in [0.15, 0.2) is 0 Å². The van der Waals surface area contributed by atoms with E-state index < -0.39 is 0 Å². The fourth-order valence-electron chi connectivity index (χ4n) is 2.23. The summed E-state index contributed by atoms with van der Waals surface area (Å²) in [5.74, 6) is 0. The van der Waals surface area contributed by atoms with Gasteiger partial charge in [0.2, 0.25) is 0 Å². The average Bonchev–Trinajstić information content (AvgIpc) is 2.88. The SMILES string of the molecule is CCNC1CCCN(C2CC2)C1. The lowest BCUT2D eigenvalue weighted by Crippen LogP contribution is -2.46. The highest BCUT2D eigenvalue weighted by Gasteiger charge is 2.31. The van der Waals surface area contributed by atoms with Crippen LogP contribution in [0.3, 0.4) is 0 Å². The largest absolute Gasteiger partial charge is 0.313 e. The third kappa shape index (κ3) is 1.99. The van der Waals surface area contributed by atoms with Crippen molar-refractivity contribution in [3.63, 3.8) is 0 Å². The second-order valence-corrected chi connectivity index (χ2v) is 4.12. The molecule has 0 aromatic carbocycles. The van der Waals surface area contributed by atoms with Gasteiger partial charge in [0.05, 0.1) is 0 Å². The molecular formula is C10H20N2. The van der Waals surface area contributed by atoms with Crippen molar-refractivity contribution in [1.29, 1.82) is 0 Å². The van der Waals surface area contributed by atoms with Crippen LogP contribution in [0.1, 0.15) is 32.6 Å². The Balaban J connectivity index is 1.77. The van der Waals surface area contributed by atoms with Crippen molar-refractivity contribution in [2.24, 2.45) is 0 Å². The van der Waals surface area contributed by atoms with Crippen LogP contribution in [-0.2, 0) is 0 Å². The minimum atomic E-state index is 0.782. The zero-order valence-corrected chi connectivity index (χ0v) is 8.05. The molecule has 0 amide bonds. The number of likely N-dealkylation sites (N-methyl/N-ethyl adjacent to an activating group) is 1. The molecule has 1 aliphatic carbocycles. The first-order valence-corrected chi connectivity index (χ1v) is 5.37. The quantitative estimate of drug-likeness (QED) is 0.681. The topological polar surface area (TPSA) is 15.3 Å². The van der Waals surface area contributed by atoms with Gasteiger partial charge in [0.15, 0.2) is 0 Å². The molecule has 0 bridgehead atoms. The summed E-state index contributed by atoms with van der Waals surface area (Å²) in [4.78, 5) is 2.68. The van der Waals surface area contributed by atoms with Gasteiger partial charge in [-0.1, -0.05) is 6.92 Å². The molecule has 1 heterocycles. The number of rotatable bonds is 3. The Kier molecular flexibility index (Phi) is 2.66. The van der Waals surface area contributed by atoms with Crippen LogP contribution in [0, 0.1) is 0 Å². The van der Waals surface area contributed by atoms with E-state index in [1.165, 1.54) is 38.8 Å². The Morgan fingerprint density at radius 2 is 2.17 bits per heavy atom. The molecule has 2 nitrogen and oxygen atoms in total. The molecule has 0 aromatic rings. The predicted molar refractivity (Wildman–Crippen MR) is 51.3 cm³/mol. The number of hydrogen-bond acceptors (Lipinski definition) is 2. The summed E-state index contributed by atoms with van der Waals surface area (Å²) in [6, 6.07) is 1.75. The van der Waals surface area contributed by atoms with E-state index >= 15 is 0 Å². The van der Waals surface area contributed by atoms with Gasteiger partial charge >= 0.3 is 0 Å². The first-order chi connectivity index (χ1) is 5.90. The first-order valence-electron chi connectivity index (χ1n) is 5.37. The summed E-state index contributed by atoms with van der Waals surface area (Å²) in [6.07, 6.45) is 5.70. The Labute approximate surface area is 75.3 Å². The maximum absolute atomic E-state index is 3.56. The van der Waals surface area contributed by atoms with Gasteiger partial charge in [0.1, 0.15) is 0 Å². The van der Waals surface area contributed by atoms with E-state index in [2.05, 4.69) is 17.1 Å². The molecule has 2 fully saturated rings. The lowest BCUT2D eigenvalue weighted by molar-refractivity contribution is 0.183. The summed E-state index contributed by atoms with van der Waals surface area (Å²) in [5, 5.41) is 3.56. The van der Waals surface area contributed by atoms with Crippen LogP contribution in [-0.4, -0.2) is 36.6 Å². The van der Waals surface area contributed by atoms with Crippen molar-refractivity contribution in [3.8, 4) is 0 Å². The van der Waals surface area contributed by atoms with E-state index in [1.807, 2.05) is 0 Å². The molecule has 2 heteroatoms. The van der Waals surface area contributed by atoms with Crippen LogP contribution in [0.25, 0.3) is 0 Å². The Morgan fingerprint density at radius 3 is 2.83 bits per heavy atom. The second kappa shape index (κ2) is 3.75. The Bertz CT molecular complexity index is 141. The molecule has 0 radical (unpaired) electrons. The van der Waals surface area contributed by atoms with Crippen molar-refractivity contribution in [1.82, 2.24) is 10.2 Å². The Hall–Kier alpha value is -0.0800. The monoisotopic (exact) mass is 168 g/mol. The van der Waals surface area contributed by atoms with Crippen LogP contribution in [0.5, 0.6) is 0 Å². The number of piperidine rings is 1. The van der Waals surface area contributed by atoms with Crippen LogP contribution in [0.2, 0.25) is 0 Å². The normalized spacial score (nSPS) is 32.2. The summed E-state index contributed by atoms with van der Waals surface area (Å²) >= 11 is 0. The number of likely N-dealkylation sites (tertiary alicyclic amines) is 1. The predicted octanol–water partition coefficient (Wildman–Crippen LogP) is 1.22. The van der Waals surface area contributed by atoms with Gasteiger partial charge in [-0.3, -0.25) is 4.90 Å². The van der Waals surface area contributed by atoms with Crippen molar-refractivity contribution in [2.75, 3.05) is 19.6 Å². The molecule has 1 unspecified atom stereocenters. The van der Waals surface area contributed by atoms with Gasteiger partial charge in [-0.25, -0.2) is 0 Å². The second-order valence-electron chi connectivity index (χ2n) is 4.12. The lowest BCUT2D eigenvalue weighted by atomic mass is 10.1. The van der Waals surface area contributed by atoms with E-state index in [-0.39, 0.29) is 0 Å². The molecule has 70 valence electrons. The maximum atomic E-state index is 3.56.